The zero-order chi connectivity index (χ0) is 23.3. The van der Waals surface area contributed by atoms with Gasteiger partial charge in [-0.15, -0.1) is 0 Å². The molecule has 1 saturated heterocycles. The lowest BCUT2D eigenvalue weighted by atomic mass is 10.0. The molecule has 2 aromatic rings. The number of rotatable bonds is 8. The molecule has 9 nitrogen and oxygen atoms in total. The summed E-state index contributed by atoms with van der Waals surface area (Å²) in [5, 5.41) is 14.1. The fraction of sp³-hybridized carbons (Fsp3) is 0.318. The van der Waals surface area contributed by atoms with E-state index in [-0.39, 0.29) is 25.5 Å². The smallest absolute Gasteiger partial charge is 0.414 e. The van der Waals surface area contributed by atoms with Crippen LogP contribution in [0.25, 0.3) is 11.1 Å². The number of amides is 3. The minimum atomic E-state index is -0.976. The van der Waals surface area contributed by atoms with E-state index in [2.05, 4.69) is 10.6 Å². The van der Waals surface area contributed by atoms with Crippen molar-refractivity contribution in [2.24, 2.45) is 5.73 Å². The first-order valence-corrected chi connectivity index (χ1v) is 10.0. The van der Waals surface area contributed by atoms with Crippen molar-refractivity contribution in [1.29, 1.82) is 0 Å². The van der Waals surface area contributed by atoms with Crippen molar-refractivity contribution in [3.05, 3.63) is 53.8 Å². The summed E-state index contributed by atoms with van der Waals surface area (Å²) in [4.78, 5) is 36.1. The number of hydrogen-bond acceptors (Lipinski definition) is 6. The monoisotopic (exact) mass is 444 g/mol. The number of hydrogen-bond donors (Lipinski definition) is 4. The summed E-state index contributed by atoms with van der Waals surface area (Å²) < 4.78 is 20.0. The number of nitrogens with two attached hydrogens (primary N) is 1. The first kappa shape index (κ1) is 23.2. The second kappa shape index (κ2) is 10.2. The summed E-state index contributed by atoms with van der Waals surface area (Å²) in [5.74, 6) is -1.19. The number of aliphatic hydroxyl groups is 1. The average Bonchev–Trinajstić information content (AvgIpc) is 3.16. The van der Waals surface area contributed by atoms with Crippen molar-refractivity contribution in [1.82, 2.24) is 10.6 Å². The lowest BCUT2D eigenvalue weighted by Crippen LogP contribution is -2.42. The zero-order valence-corrected chi connectivity index (χ0v) is 17.5. The van der Waals surface area contributed by atoms with Gasteiger partial charge in [0.1, 0.15) is 18.0 Å². The topological polar surface area (TPSA) is 134 Å². The Hall–Kier alpha value is -3.50. The number of ether oxygens (including phenoxy) is 1. The minimum Gasteiger partial charge on any atom is -0.442 e. The van der Waals surface area contributed by atoms with Crippen LogP contribution in [0.4, 0.5) is 14.9 Å². The Morgan fingerprint density at radius 1 is 1.25 bits per heavy atom. The average molecular weight is 444 g/mol. The number of halogens is 1. The van der Waals surface area contributed by atoms with Gasteiger partial charge in [0.25, 0.3) is 0 Å². The van der Waals surface area contributed by atoms with Gasteiger partial charge >= 0.3 is 6.09 Å². The number of aliphatic hydroxyl groups excluding tert-OH is 1. The fourth-order valence-electron chi connectivity index (χ4n) is 3.21. The van der Waals surface area contributed by atoms with E-state index < -0.39 is 36.6 Å². The van der Waals surface area contributed by atoms with Crippen LogP contribution in [0.5, 0.6) is 0 Å². The number of nitrogens with one attached hydrogen (secondary N) is 2. The normalized spacial score (nSPS) is 16.4. The number of carbonyl (C=O) groups is 3. The molecule has 1 fully saturated rings. The highest BCUT2D eigenvalue weighted by Gasteiger charge is 2.32. The maximum atomic E-state index is 14.8. The summed E-state index contributed by atoms with van der Waals surface area (Å²) >= 11 is 0. The van der Waals surface area contributed by atoms with E-state index in [9.17, 15) is 18.8 Å². The summed E-state index contributed by atoms with van der Waals surface area (Å²) in [5.41, 5.74) is 7.58. The molecule has 5 N–H and O–H groups in total. The Bertz CT molecular complexity index is 998. The molecule has 1 heterocycles. The third kappa shape index (κ3) is 5.59. The predicted molar refractivity (Wildman–Crippen MR) is 115 cm³/mol. The van der Waals surface area contributed by atoms with Crippen LogP contribution in [0.2, 0.25) is 0 Å². The molecular weight excluding hydrogens is 419 g/mol. The predicted octanol–water partition coefficient (Wildman–Crippen LogP) is 0.890. The number of carbonyl (C=O) groups excluding carboxylic acids is 3. The molecule has 2 aromatic carbocycles. The third-order valence-corrected chi connectivity index (χ3v) is 4.98. The molecule has 2 atom stereocenters. The van der Waals surface area contributed by atoms with Gasteiger partial charge in [0.2, 0.25) is 11.8 Å². The molecule has 0 radical (unpaired) electrons. The summed E-state index contributed by atoms with van der Waals surface area (Å²) in [6.07, 6.45) is -1.10. The molecule has 1 aliphatic rings. The van der Waals surface area contributed by atoms with Gasteiger partial charge in [-0.1, -0.05) is 24.3 Å². The Balaban J connectivity index is 1.66. The van der Waals surface area contributed by atoms with Crippen LogP contribution < -0.4 is 21.3 Å². The van der Waals surface area contributed by atoms with Crippen LogP contribution in [0.1, 0.15) is 12.5 Å². The van der Waals surface area contributed by atoms with E-state index >= 15 is 0 Å². The number of benzene rings is 2. The number of nitrogens with zero attached hydrogens (tertiary/aromatic N) is 1. The van der Waals surface area contributed by atoms with Gasteiger partial charge in [-0.3, -0.25) is 14.5 Å². The third-order valence-electron chi connectivity index (χ3n) is 4.98. The molecule has 3 amide bonds. The van der Waals surface area contributed by atoms with Crippen molar-refractivity contribution in [2.75, 3.05) is 24.6 Å². The molecule has 0 bridgehead atoms. The molecule has 0 aromatic heterocycles. The molecule has 10 heteroatoms. The molecule has 0 spiro atoms. The lowest BCUT2D eigenvalue weighted by Gasteiger charge is -2.15. The van der Waals surface area contributed by atoms with Crippen LogP contribution in [0.3, 0.4) is 0 Å². The van der Waals surface area contributed by atoms with Gasteiger partial charge in [0, 0.05) is 19.0 Å². The largest absolute Gasteiger partial charge is 0.442 e. The molecule has 1 aliphatic heterocycles. The van der Waals surface area contributed by atoms with Gasteiger partial charge in [-0.2, -0.15) is 0 Å². The lowest BCUT2D eigenvalue weighted by molar-refractivity contribution is -0.123. The first-order valence-electron chi connectivity index (χ1n) is 10.0. The van der Waals surface area contributed by atoms with Crippen LogP contribution in [0, 0.1) is 5.82 Å². The van der Waals surface area contributed by atoms with E-state index in [1.54, 1.807) is 36.4 Å². The fourth-order valence-corrected chi connectivity index (χ4v) is 3.21. The van der Waals surface area contributed by atoms with Crippen molar-refractivity contribution >= 4 is 23.6 Å². The standard InChI is InChI=1S/C22H25FN4O5/c1-13(29)25-10-17-11-27(22(31)32-17)16-6-7-18(19(23)8-16)15-4-2-14(3-5-15)9-26-21(30)20(24)12-28/h2-8,17,20,28H,9-12,24H2,1H3,(H,25,29)(H,26,30)/t17-,20-/m0/s1. The zero-order valence-electron chi connectivity index (χ0n) is 17.5. The van der Waals surface area contributed by atoms with Crippen molar-refractivity contribution < 1.29 is 28.6 Å². The summed E-state index contributed by atoms with van der Waals surface area (Å²) in [6.45, 7) is 1.56. The summed E-state index contributed by atoms with van der Waals surface area (Å²) in [6, 6.07) is 10.4. The van der Waals surface area contributed by atoms with Crippen LogP contribution in [0.15, 0.2) is 42.5 Å². The van der Waals surface area contributed by atoms with Crippen LogP contribution in [-0.4, -0.2) is 54.9 Å². The first-order chi connectivity index (χ1) is 15.3. The van der Waals surface area contributed by atoms with Gasteiger partial charge in [-0.05, 0) is 29.3 Å². The maximum absolute atomic E-state index is 14.8. The highest BCUT2D eigenvalue weighted by atomic mass is 19.1. The van der Waals surface area contributed by atoms with Gasteiger partial charge < -0.3 is 26.2 Å². The van der Waals surface area contributed by atoms with E-state index in [0.29, 0.717) is 16.8 Å². The van der Waals surface area contributed by atoms with Crippen LogP contribution in [-0.2, 0) is 20.9 Å². The molecule has 170 valence electrons. The van der Waals surface area contributed by atoms with Crippen LogP contribution >= 0.6 is 0 Å². The SMILES string of the molecule is CC(=O)NC[C@H]1CN(c2ccc(-c3ccc(CNC(=O)[C@@H](N)CO)cc3)c(F)c2)C(=O)O1. The Morgan fingerprint density at radius 3 is 2.59 bits per heavy atom. The van der Waals surface area contributed by atoms with Crippen molar-refractivity contribution in [3.8, 4) is 11.1 Å². The number of anilines is 1. The quantitative estimate of drug-likeness (QED) is 0.478. The second-order valence-electron chi connectivity index (χ2n) is 7.42. The Morgan fingerprint density at radius 2 is 1.97 bits per heavy atom. The van der Waals surface area contributed by atoms with Gasteiger partial charge in [0.15, 0.2) is 0 Å². The van der Waals surface area contributed by atoms with E-state index in [1.165, 1.54) is 17.9 Å². The Kier molecular flexibility index (Phi) is 7.39. The Labute approximate surface area is 184 Å². The van der Waals surface area contributed by atoms with E-state index in [0.717, 1.165) is 5.56 Å². The number of cyclic esters (lactones) is 1. The van der Waals surface area contributed by atoms with Gasteiger partial charge in [-0.25, -0.2) is 9.18 Å². The maximum Gasteiger partial charge on any atom is 0.414 e. The highest BCUT2D eigenvalue weighted by Crippen LogP contribution is 2.29. The highest BCUT2D eigenvalue weighted by molar-refractivity contribution is 5.90. The van der Waals surface area contributed by atoms with E-state index in [4.69, 9.17) is 15.6 Å². The molecule has 0 saturated carbocycles. The molecule has 0 unspecified atom stereocenters. The minimum absolute atomic E-state index is 0.191. The molecule has 3 rings (SSSR count). The molecule has 0 aliphatic carbocycles. The molecule has 32 heavy (non-hydrogen) atoms. The summed E-state index contributed by atoms with van der Waals surface area (Å²) in [7, 11) is 0. The van der Waals surface area contributed by atoms with Crippen molar-refractivity contribution in [3.63, 3.8) is 0 Å². The van der Waals surface area contributed by atoms with Gasteiger partial charge in [0.05, 0.1) is 25.4 Å². The second-order valence-corrected chi connectivity index (χ2v) is 7.42. The van der Waals surface area contributed by atoms with E-state index in [1.807, 2.05) is 0 Å². The molecular formula is C22H25FN4O5. The van der Waals surface area contributed by atoms with Crippen molar-refractivity contribution in [2.45, 2.75) is 25.6 Å².